The van der Waals surface area contributed by atoms with Crippen LogP contribution in [-0.4, -0.2) is 16.9 Å². The Morgan fingerprint density at radius 1 is 1.43 bits per heavy atom. The second-order valence-corrected chi connectivity index (χ2v) is 3.84. The highest BCUT2D eigenvalue weighted by Gasteiger charge is 2.06. The van der Waals surface area contributed by atoms with E-state index in [-0.39, 0.29) is 12.2 Å². The van der Waals surface area contributed by atoms with Crippen LogP contribution in [0.4, 0.5) is 0 Å². The number of benzene rings is 1. The molecule has 0 amide bonds. The first-order chi connectivity index (χ1) is 6.50. The van der Waals surface area contributed by atoms with Gasteiger partial charge in [-0.15, -0.1) is 0 Å². The molecule has 74 valence electrons. The predicted octanol–water partition coefficient (Wildman–Crippen LogP) is -0.142. The van der Waals surface area contributed by atoms with E-state index in [2.05, 4.69) is 0 Å². The minimum Gasteiger partial charge on any atom is -0.542 e. The lowest BCUT2D eigenvalue weighted by Crippen LogP contribution is -2.32. The maximum atomic E-state index is 10.8. The molecule has 0 aliphatic carbocycles. The van der Waals surface area contributed by atoms with Crippen molar-refractivity contribution in [2.75, 3.05) is 0 Å². The molecule has 0 saturated heterocycles. The Bertz CT molecular complexity index is 386. The summed E-state index contributed by atoms with van der Waals surface area (Å²) in [6, 6.07) is 4.47. The van der Waals surface area contributed by atoms with Crippen molar-refractivity contribution in [3.8, 4) is 5.75 Å². The van der Waals surface area contributed by atoms with E-state index in [9.17, 15) is 14.7 Å². The smallest absolute Gasteiger partial charge is 0.182 e. The molecular formula is C9H6IO4-. The number of aliphatic carboxylic acids is 1. The van der Waals surface area contributed by atoms with E-state index in [0.29, 0.717) is 9.13 Å². The molecule has 1 aromatic carbocycles. The van der Waals surface area contributed by atoms with Crippen LogP contribution in [0.1, 0.15) is 5.56 Å². The van der Waals surface area contributed by atoms with Crippen LogP contribution in [0.25, 0.3) is 0 Å². The standard InChI is InChI=1S/C9H7IO4/c10-6-3-5(1-2-7(6)11)4-8(12)9(13)14/h1-3,11H,4H2,(H,13,14)/p-1. The third-order valence-corrected chi connectivity index (χ3v) is 2.47. The van der Waals surface area contributed by atoms with Crippen molar-refractivity contribution in [1.82, 2.24) is 0 Å². The average Bonchev–Trinajstić information content (AvgIpc) is 2.11. The lowest BCUT2D eigenvalue weighted by Gasteiger charge is -2.03. The van der Waals surface area contributed by atoms with Gasteiger partial charge in [-0.05, 0) is 40.3 Å². The van der Waals surface area contributed by atoms with Crippen LogP contribution in [0.5, 0.6) is 5.75 Å². The number of carboxylic acid groups (broad SMARTS) is 1. The lowest BCUT2D eigenvalue weighted by atomic mass is 10.1. The average molecular weight is 305 g/mol. The summed E-state index contributed by atoms with van der Waals surface area (Å²) in [4.78, 5) is 20.9. The monoisotopic (exact) mass is 305 g/mol. The summed E-state index contributed by atoms with van der Waals surface area (Å²) in [7, 11) is 0. The van der Waals surface area contributed by atoms with Gasteiger partial charge in [0.1, 0.15) is 11.7 Å². The number of aromatic hydroxyl groups is 1. The fourth-order valence-corrected chi connectivity index (χ4v) is 1.50. The molecule has 0 aromatic heterocycles. The normalized spacial score (nSPS) is 9.79. The molecule has 0 saturated carbocycles. The number of ketones is 1. The summed E-state index contributed by atoms with van der Waals surface area (Å²) in [5, 5.41) is 19.3. The minimum atomic E-state index is -1.69. The Morgan fingerprint density at radius 2 is 2.07 bits per heavy atom. The summed E-state index contributed by atoms with van der Waals surface area (Å²) in [6.07, 6.45) is -0.210. The van der Waals surface area contributed by atoms with Crippen molar-refractivity contribution in [1.29, 1.82) is 0 Å². The number of carboxylic acids is 1. The van der Waals surface area contributed by atoms with E-state index in [4.69, 9.17) is 5.11 Å². The summed E-state index contributed by atoms with van der Waals surface area (Å²) in [5.74, 6) is -2.55. The van der Waals surface area contributed by atoms with Crippen molar-refractivity contribution in [3.05, 3.63) is 27.3 Å². The fraction of sp³-hybridized carbons (Fsp3) is 0.111. The number of hydrogen-bond donors (Lipinski definition) is 1. The highest BCUT2D eigenvalue weighted by atomic mass is 127. The van der Waals surface area contributed by atoms with Crippen LogP contribution in [0, 0.1) is 3.57 Å². The first kappa shape index (κ1) is 11.0. The van der Waals surface area contributed by atoms with Gasteiger partial charge in [-0.25, -0.2) is 0 Å². The van der Waals surface area contributed by atoms with Gasteiger partial charge in [-0.2, -0.15) is 0 Å². The molecule has 1 rings (SSSR count). The van der Waals surface area contributed by atoms with Gasteiger partial charge in [0.25, 0.3) is 0 Å². The van der Waals surface area contributed by atoms with Crippen molar-refractivity contribution >= 4 is 34.3 Å². The Kier molecular flexibility index (Phi) is 3.45. The minimum absolute atomic E-state index is 0.107. The molecule has 0 fully saturated rings. The van der Waals surface area contributed by atoms with E-state index >= 15 is 0 Å². The third kappa shape index (κ3) is 2.69. The molecule has 1 aromatic rings. The van der Waals surface area contributed by atoms with Crippen LogP contribution < -0.4 is 5.11 Å². The van der Waals surface area contributed by atoms with Gasteiger partial charge in [0, 0.05) is 6.42 Å². The van der Waals surface area contributed by atoms with E-state index in [1.54, 1.807) is 6.07 Å². The molecule has 0 bridgehead atoms. The van der Waals surface area contributed by atoms with Gasteiger partial charge in [-0.1, -0.05) is 6.07 Å². The molecule has 14 heavy (non-hydrogen) atoms. The van der Waals surface area contributed by atoms with Gasteiger partial charge in [0.05, 0.1) is 3.57 Å². The fourth-order valence-electron chi connectivity index (χ4n) is 0.918. The summed E-state index contributed by atoms with van der Waals surface area (Å²) in [6.45, 7) is 0. The van der Waals surface area contributed by atoms with Crippen molar-refractivity contribution in [2.45, 2.75) is 6.42 Å². The molecule has 0 aliphatic heterocycles. The molecule has 0 atom stereocenters. The maximum absolute atomic E-state index is 10.8. The van der Waals surface area contributed by atoms with Gasteiger partial charge >= 0.3 is 0 Å². The van der Waals surface area contributed by atoms with Crippen molar-refractivity contribution in [3.63, 3.8) is 0 Å². The number of phenols is 1. The molecule has 0 radical (unpaired) electrons. The molecule has 0 heterocycles. The Labute approximate surface area is 93.7 Å². The van der Waals surface area contributed by atoms with E-state index in [1.165, 1.54) is 12.1 Å². The van der Waals surface area contributed by atoms with E-state index in [1.807, 2.05) is 22.6 Å². The maximum Gasteiger partial charge on any atom is 0.182 e. The topological polar surface area (TPSA) is 77.4 Å². The predicted molar refractivity (Wildman–Crippen MR) is 54.5 cm³/mol. The van der Waals surface area contributed by atoms with E-state index in [0.717, 1.165) is 0 Å². The van der Waals surface area contributed by atoms with Crippen LogP contribution in [0.3, 0.4) is 0 Å². The Balaban J connectivity index is 2.83. The van der Waals surface area contributed by atoms with Gasteiger partial charge < -0.3 is 15.0 Å². The highest BCUT2D eigenvalue weighted by molar-refractivity contribution is 14.1. The molecule has 4 nitrogen and oxygen atoms in total. The summed E-state index contributed by atoms with van der Waals surface area (Å²) < 4.78 is 0.575. The molecule has 0 spiro atoms. The number of halogens is 1. The second-order valence-electron chi connectivity index (χ2n) is 2.67. The first-order valence-electron chi connectivity index (χ1n) is 3.72. The van der Waals surface area contributed by atoms with Crippen LogP contribution >= 0.6 is 22.6 Å². The number of phenolic OH excluding ortho intramolecular Hbond substituents is 1. The first-order valence-corrected chi connectivity index (χ1v) is 4.80. The molecule has 5 heteroatoms. The Morgan fingerprint density at radius 3 is 2.57 bits per heavy atom. The van der Waals surface area contributed by atoms with Crippen molar-refractivity contribution in [2.24, 2.45) is 0 Å². The molecule has 0 aliphatic rings. The zero-order chi connectivity index (χ0) is 10.7. The number of carbonyl (C=O) groups is 2. The Hall–Kier alpha value is -1.11. The largest absolute Gasteiger partial charge is 0.542 e. The van der Waals surface area contributed by atoms with Crippen LogP contribution in [-0.2, 0) is 16.0 Å². The van der Waals surface area contributed by atoms with Gasteiger partial charge in [-0.3, -0.25) is 4.79 Å². The van der Waals surface area contributed by atoms with E-state index < -0.39 is 11.8 Å². The molecular weight excluding hydrogens is 299 g/mol. The second kappa shape index (κ2) is 4.41. The quantitative estimate of drug-likeness (QED) is 0.623. The SMILES string of the molecule is O=C([O-])C(=O)Cc1ccc(O)c(I)c1. The molecule has 1 N–H and O–H groups in total. The molecule has 0 unspecified atom stereocenters. The number of rotatable bonds is 3. The van der Waals surface area contributed by atoms with Crippen LogP contribution in [0.2, 0.25) is 0 Å². The number of hydrogen-bond acceptors (Lipinski definition) is 4. The van der Waals surface area contributed by atoms with Crippen molar-refractivity contribution < 1.29 is 19.8 Å². The third-order valence-electron chi connectivity index (χ3n) is 1.60. The number of Topliss-reactive ketones (excluding diaryl/α,β-unsaturated/α-hetero) is 1. The highest BCUT2D eigenvalue weighted by Crippen LogP contribution is 2.20. The lowest BCUT2D eigenvalue weighted by molar-refractivity contribution is -0.299. The zero-order valence-corrected chi connectivity index (χ0v) is 9.15. The zero-order valence-electron chi connectivity index (χ0n) is 6.99. The van der Waals surface area contributed by atoms with Crippen LogP contribution in [0.15, 0.2) is 18.2 Å². The summed E-state index contributed by atoms with van der Waals surface area (Å²) in [5.41, 5.74) is 0.543. The summed E-state index contributed by atoms with van der Waals surface area (Å²) >= 11 is 1.89. The van der Waals surface area contributed by atoms with Gasteiger partial charge in [0.2, 0.25) is 0 Å². The van der Waals surface area contributed by atoms with Gasteiger partial charge in [0.15, 0.2) is 5.78 Å². The number of carbonyl (C=O) groups excluding carboxylic acids is 2.